The molecule has 1 N–H and O–H groups in total. The zero-order valence-electron chi connectivity index (χ0n) is 12.2. The Labute approximate surface area is 115 Å². The van der Waals surface area contributed by atoms with Crippen LogP contribution in [0.15, 0.2) is 24.3 Å². The van der Waals surface area contributed by atoms with Gasteiger partial charge in [0.1, 0.15) is 0 Å². The zero-order valence-corrected chi connectivity index (χ0v) is 12.2. The van der Waals surface area contributed by atoms with Crippen LogP contribution in [0.5, 0.6) is 0 Å². The van der Waals surface area contributed by atoms with Crippen molar-refractivity contribution in [3.63, 3.8) is 0 Å². The van der Waals surface area contributed by atoms with Crippen LogP contribution in [0.4, 0.5) is 0 Å². The van der Waals surface area contributed by atoms with Crippen molar-refractivity contribution in [1.82, 2.24) is 5.32 Å². The van der Waals surface area contributed by atoms with Gasteiger partial charge in [0.05, 0.1) is 19.1 Å². The van der Waals surface area contributed by atoms with Crippen molar-refractivity contribution in [3.05, 3.63) is 35.4 Å². The van der Waals surface area contributed by atoms with Crippen LogP contribution >= 0.6 is 0 Å². The van der Waals surface area contributed by atoms with Crippen LogP contribution in [-0.2, 0) is 27.2 Å². The quantitative estimate of drug-likeness (QED) is 0.765. The van der Waals surface area contributed by atoms with E-state index in [1.54, 1.807) is 7.11 Å². The Morgan fingerprint density at radius 1 is 1.21 bits per heavy atom. The van der Waals surface area contributed by atoms with Gasteiger partial charge in [-0.3, -0.25) is 4.79 Å². The largest absolute Gasteiger partial charge is 0.469 e. The number of carbonyl (C=O) groups is 1. The fourth-order valence-electron chi connectivity index (χ4n) is 1.70. The number of rotatable bonds is 7. The number of esters is 1. The van der Waals surface area contributed by atoms with Gasteiger partial charge in [-0.1, -0.05) is 24.3 Å². The summed E-state index contributed by atoms with van der Waals surface area (Å²) in [5.41, 5.74) is 1.91. The molecule has 0 saturated heterocycles. The van der Waals surface area contributed by atoms with Gasteiger partial charge in [0.2, 0.25) is 0 Å². The summed E-state index contributed by atoms with van der Waals surface area (Å²) in [7, 11) is 3.11. The first-order chi connectivity index (χ1) is 8.98. The Hall–Kier alpha value is -1.39. The third-order valence-corrected chi connectivity index (χ3v) is 3.10. The van der Waals surface area contributed by atoms with Crippen molar-refractivity contribution < 1.29 is 14.3 Å². The molecule has 0 aliphatic rings. The number of nitrogens with one attached hydrogen (secondary N) is 1. The maximum atomic E-state index is 11.4. The molecule has 4 nitrogen and oxygen atoms in total. The van der Waals surface area contributed by atoms with Crippen molar-refractivity contribution in [1.29, 1.82) is 0 Å². The Balaban J connectivity index is 2.60. The lowest BCUT2D eigenvalue weighted by Gasteiger charge is -2.23. The summed E-state index contributed by atoms with van der Waals surface area (Å²) in [6, 6.07) is 7.88. The van der Waals surface area contributed by atoms with Crippen LogP contribution in [0.1, 0.15) is 25.0 Å². The highest BCUT2D eigenvalue weighted by atomic mass is 16.5. The summed E-state index contributed by atoms with van der Waals surface area (Å²) in [5, 5.41) is 3.35. The second kappa shape index (κ2) is 7.26. The van der Waals surface area contributed by atoms with Gasteiger partial charge in [-0.2, -0.15) is 0 Å². The number of ether oxygens (including phenoxy) is 2. The lowest BCUT2D eigenvalue weighted by molar-refractivity contribution is -0.139. The van der Waals surface area contributed by atoms with Gasteiger partial charge < -0.3 is 14.8 Å². The van der Waals surface area contributed by atoms with E-state index in [2.05, 4.69) is 5.32 Å². The molecule has 1 aromatic rings. The lowest BCUT2D eigenvalue weighted by atomic mass is 10.0. The number of hydrogen-bond acceptors (Lipinski definition) is 4. The summed E-state index contributed by atoms with van der Waals surface area (Å²) >= 11 is 0. The fourth-order valence-corrected chi connectivity index (χ4v) is 1.70. The molecule has 0 saturated carbocycles. The zero-order chi connectivity index (χ0) is 14.3. The summed E-state index contributed by atoms with van der Waals surface area (Å²) < 4.78 is 10.1. The van der Waals surface area contributed by atoms with E-state index in [0.717, 1.165) is 17.7 Å². The summed E-state index contributed by atoms with van der Waals surface area (Å²) in [6.45, 7) is 5.51. The maximum Gasteiger partial charge on any atom is 0.309 e. The van der Waals surface area contributed by atoms with Crippen LogP contribution in [0.2, 0.25) is 0 Å². The molecule has 19 heavy (non-hydrogen) atoms. The van der Waals surface area contributed by atoms with Gasteiger partial charge in [-0.05, 0) is 25.0 Å². The topological polar surface area (TPSA) is 47.6 Å². The second-order valence-electron chi connectivity index (χ2n) is 5.09. The summed E-state index contributed by atoms with van der Waals surface area (Å²) in [5.74, 6) is -0.218. The Kier molecular flexibility index (Phi) is 5.99. The van der Waals surface area contributed by atoms with E-state index >= 15 is 0 Å². The molecule has 0 fully saturated rings. The first kappa shape index (κ1) is 15.7. The standard InChI is InChI=1S/C15H23NO3/c1-15(2,19-4)11-16-10-13-8-6-5-7-12(13)9-14(17)18-3/h5-8,16H,9-11H2,1-4H3. The Morgan fingerprint density at radius 3 is 2.42 bits per heavy atom. The molecule has 0 atom stereocenters. The van der Waals surface area contributed by atoms with Gasteiger partial charge in [0, 0.05) is 20.2 Å². The third-order valence-electron chi connectivity index (χ3n) is 3.10. The van der Waals surface area contributed by atoms with E-state index in [0.29, 0.717) is 13.0 Å². The van der Waals surface area contributed by atoms with E-state index in [1.807, 2.05) is 38.1 Å². The van der Waals surface area contributed by atoms with E-state index in [4.69, 9.17) is 9.47 Å². The van der Waals surface area contributed by atoms with E-state index in [9.17, 15) is 4.79 Å². The minimum absolute atomic E-state index is 0.197. The van der Waals surface area contributed by atoms with Crippen molar-refractivity contribution in [3.8, 4) is 0 Å². The third kappa shape index (κ3) is 5.41. The van der Waals surface area contributed by atoms with Crippen molar-refractivity contribution in [2.75, 3.05) is 20.8 Å². The van der Waals surface area contributed by atoms with Crippen LogP contribution in [0, 0.1) is 0 Å². The first-order valence-corrected chi connectivity index (χ1v) is 6.38. The minimum atomic E-state index is -0.218. The molecule has 0 bridgehead atoms. The smallest absolute Gasteiger partial charge is 0.309 e. The highest BCUT2D eigenvalue weighted by Gasteiger charge is 2.15. The predicted octanol–water partition coefficient (Wildman–Crippen LogP) is 1.92. The summed E-state index contributed by atoms with van der Waals surface area (Å²) in [6.07, 6.45) is 0.308. The van der Waals surface area contributed by atoms with E-state index < -0.39 is 0 Å². The number of carbonyl (C=O) groups excluding carboxylic acids is 1. The molecule has 0 aliphatic carbocycles. The van der Waals surface area contributed by atoms with Crippen molar-refractivity contribution in [2.45, 2.75) is 32.4 Å². The second-order valence-corrected chi connectivity index (χ2v) is 5.09. The molecule has 1 aromatic carbocycles. The van der Waals surface area contributed by atoms with Gasteiger partial charge >= 0.3 is 5.97 Å². The number of hydrogen-bond donors (Lipinski definition) is 1. The van der Waals surface area contributed by atoms with Gasteiger partial charge in [0.25, 0.3) is 0 Å². The number of methoxy groups -OCH3 is 2. The van der Waals surface area contributed by atoms with Crippen molar-refractivity contribution >= 4 is 5.97 Å². The molecular weight excluding hydrogens is 242 g/mol. The molecular formula is C15H23NO3. The maximum absolute atomic E-state index is 11.4. The van der Waals surface area contributed by atoms with E-state index in [-0.39, 0.29) is 11.6 Å². The molecule has 0 spiro atoms. The predicted molar refractivity (Wildman–Crippen MR) is 75.0 cm³/mol. The fraction of sp³-hybridized carbons (Fsp3) is 0.533. The SMILES string of the molecule is COC(=O)Cc1ccccc1CNCC(C)(C)OC. The van der Waals surface area contributed by atoms with Crippen LogP contribution in [0.25, 0.3) is 0 Å². The average Bonchev–Trinajstić information content (AvgIpc) is 2.40. The molecule has 106 valence electrons. The monoisotopic (exact) mass is 265 g/mol. The Morgan fingerprint density at radius 2 is 1.84 bits per heavy atom. The summed E-state index contributed by atoms with van der Waals surface area (Å²) in [4.78, 5) is 11.4. The van der Waals surface area contributed by atoms with Crippen LogP contribution in [0.3, 0.4) is 0 Å². The normalized spacial score (nSPS) is 11.4. The molecule has 0 unspecified atom stereocenters. The van der Waals surface area contributed by atoms with Crippen LogP contribution in [-0.4, -0.2) is 32.3 Å². The number of benzene rings is 1. The molecule has 0 heterocycles. The Bertz CT molecular complexity index is 416. The molecule has 4 heteroatoms. The van der Waals surface area contributed by atoms with Gasteiger partial charge in [0.15, 0.2) is 0 Å². The minimum Gasteiger partial charge on any atom is -0.469 e. The molecule has 0 aliphatic heterocycles. The molecule has 0 radical (unpaired) electrons. The molecule has 1 rings (SSSR count). The highest BCUT2D eigenvalue weighted by Crippen LogP contribution is 2.11. The van der Waals surface area contributed by atoms with Crippen molar-refractivity contribution in [2.24, 2.45) is 0 Å². The average molecular weight is 265 g/mol. The molecule has 0 amide bonds. The van der Waals surface area contributed by atoms with Crippen LogP contribution < -0.4 is 5.32 Å². The van der Waals surface area contributed by atoms with E-state index in [1.165, 1.54) is 7.11 Å². The van der Waals surface area contributed by atoms with Gasteiger partial charge in [-0.15, -0.1) is 0 Å². The lowest BCUT2D eigenvalue weighted by Crippen LogP contribution is -2.36. The molecule has 0 aromatic heterocycles. The first-order valence-electron chi connectivity index (χ1n) is 6.38. The highest BCUT2D eigenvalue weighted by molar-refractivity contribution is 5.72. The van der Waals surface area contributed by atoms with Gasteiger partial charge in [-0.25, -0.2) is 0 Å².